The predicted molar refractivity (Wildman–Crippen MR) is 113 cm³/mol. The maximum absolute atomic E-state index is 12.5. The van der Waals surface area contributed by atoms with E-state index >= 15 is 0 Å². The van der Waals surface area contributed by atoms with E-state index in [1.165, 1.54) is 0 Å². The molecule has 7 heteroatoms. The second-order valence-corrected chi connectivity index (χ2v) is 7.40. The summed E-state index contributed by atoms with van der Waals surface area (Å²) in [4.78, 5) is 26.9. The normalized spacial score (nSPS) is 16.9. The van der Waals surface area contributed by atoms with E-state index < -0.39 is 6.04 Å². The quantitative estimate of drug-likeness (QED) is 0.695. The van der Waals surface area contributed by atoms with E-state index in [-0.39, 0.29) is 18.2 Å². The summed E-state index contributed by atoms with van der Waals surface area (Å²) in [6.07, 6.45) is 0.115. The second kappa shape index (κ2) is 10.3. The van der Waals surface area contributed by atoms with Crippen molar-refractivity contribution in [1.29, 1.82) is 0 Å². The SMILES string of the molecule is CCOc1ccc(CN2CCNC(=O)[C@@H]2CC(=O)NCc2cccc(Cl)c2)cc1. The summed E-state index contributed by atoms with van der Waals surface area (Å²) in [7, 11) is 0. The number of hydrogen-bond donors (Lipinski definition) is 2. The highest BCUT2D eigenvalue weighted by molar-refractivity contribution is 6.30. The standard InChI is InChI=1S/C22H26ClN3O3/c1-2-29-19-8-6-16(7-9-19)15-26-11-10-24-22(28)20(26)13-21(27)25-14-17-4-3-5-18(23)12-17/h3-9,12,20H,2,10-11,13-15H2,1H3,(H,24,28)(H,25,27)/t20-/m0/s1. The van der Waals surface area contributed by atoms with E-state index in [9.17, 15) is 9.59 Å². The highest BCUT2D eigenvalue weighted by Crippen LogP contribution is 2.17. The molecule has 2 aromatic carbocycles. The number of hydrogen-bond acceptors (Lipinski definition) is 4. The molecule has 29 heavy (non-hydrogen) atoms. The third kappa shape index (κ3) is 6.21. The summed E-state index contributed by atoms with van der Waals surface area (Å²) in [5, 5.41) is 6.37. The first-order valence-corrected chi connectivity index (χ1v) is 10.2. The van der Waals surface area contributed by atoms with Crippen LogP contribution in [0.1, 0.15) is 24.5 Å². The molecule has 1 aliphatic heterocycles. The number of nitrogens with one attached hydrogen (secondary N) is 2. The number of piperazine rings is 1. The van der Waals surface area contributed by atoms with Crippen LogP contribution >= 0.6 is 11.6 Å². The Labute approximate surface area is 176 Å². The average Bonchev–Trinajstić information content (AvgIpc) is 2.71. The summed E-state index contributed by atoms with van der Waals surface area (Å²) in [6, 6.07) is 14.7. The first-order valence-electron chi connectivity index (χ1n) is 9.80. The Morgan fingerprint density at radius 2 is 2.03 bits per heavy atom. The molecule has 1 atom stereocenters. The van der Waals surface area contributed by atoms with Gasteiger partial charge in [-0.2, -0.15) is 0 Å². The van der Waals surface area contributed by atoms with E-state index in [0.717, 1.165) is 16.9 Å². The van der Waals surface area contributed by atoms with E-state index in [4.69, 9.17) is 16.3 Å². The molecule has 2 aromatic rings. The highest BCUT2D eigenvalue weighted by atomic mass is 35.5. The number of ether oxygens (including phenoxy) is 1. The number of rotatable bonds is 8. The van der Waals surface area contributed by atoms with Gasteiger partial charge >= 0.3 is 0 Å². The maximum Gasteiger partial charge on any atom is 0.237 e. The molecule has 1 aliphatic rings. The zero-order valence-corrected chi connectivity index (χ0v) is 17.2. The molecule has 154 valence electrons. The van der Waals surface area contributed by atoms with Crippen LogP contribution in [-0.4, -0.2) is 42.5 Å². The van der Waals surface area contributed by atoms with Gasteiger partial charge < -0.3 is 15.4 Å². The van der Waals surface area contributed by atoms with Crippen LogP contribution < -0.4 is 15.4 Å². The Bertz CT molecular complexity index is 841. The van der Waals surface area contributed by atoms with Crippen LogP contribution in [0.25, 0.3) is 0 Å². The molecule has 0 spiro atoms. The van der Waals surface area contributed by atoms with Crippen LogP contribution in [0.4, 0.5) is 0 Å². The summed E-state index contributed by atoms with van der Waals surface area (Å²) in [5.74, 6) is 0.549. The molecular weight excluding hydrogens is 390 g/mol. The molecule has 0 radical (unpaired) electrons. The Morgan fingerprint density at radius 1 is 1.24 bits per heavy atom. The van der Waals surface area contributed by atoms with Crippen LogP contribution in [0.5, 0.6) is 5.75 Å². The zero-order chi connectivity index (χ0) is 20.6. The lowest BCUT2D eigenvalue weighted by Crippen LogP contribution is -2.56. The second-order valence-electron chi connectivity index (χ2n) is 6.97. The molecule has 0 aliphatic carbocycles. The number of nitrogens with zero attached hydrogens (tertiary/aromatic N) is 1. The third-order valence-electron chi connectivity index (χ3n) is 4.82. The smallest absolute Gasteiger partial charge is 0.237 e. The zero-order valence-electron chi connectivity index (χ0n) is 16.5. The van der Waals surface area contributed by atoms with Gasteiger partial charge in [-0.25, -0.2) is 0 Å². The summed E-state index contributed by atoms with van der Waals surface area (Å²) in [6.45, 7) is 4.83. The van der Waals surface area contributed by atoms with Gasteiger partial charge in [0, 0.05) is 31.2 Å². The van der Waals surface area contributed by atoms with Gasteiger partial charge in [-0.1, -0.05) is 35.9 Å². The van der Waals surface area contributed by atoms with Crippen molar-refractivity contribution in [2.45, 2.75) is 32.5 Å². The van der Waals surface area contributed by atoms with Gasteiger partial charge in [0.25, 0.3) is 0 Å². The van der Waals surface area contributed by atoms with Crippen molar-refractivity contribution in [3.63, 3.8) is 0 Å². The van der Waals surface area contributed by atoms with Gasteiger partial charge in [0.2, 0.25) is 11.8 Å². The molecule has 0 unspecified atom stereocenters. The number of amides is 2. The molecular formula is C22H26ClN3O3. The van der Waals surface area contributed by atoms with Crippen molar-refractivity contribution in [2.75, 3.05) is 19.7 Å². The molecule has 0 saturated carbocycles. The van der Waals surface area contributed by atoms with Gasteiger partial charge in [-0.3, -0.25) is 14.5 Å². The monoisotopic (exact) mass is 415 g/mol. The molecule has 1 saturated heterocycles. The van der Waals surface area contributed by atoms with Crippen LogP contribution in [0, 0.1) is 0 Å². The molecule has 2 amide bonds. The highest BCUT2D eigenvalue weighted by Gasteiger charge is 2.31. The number of carbonyl (C=O) groups is 2. The Hall–Kier alpha value is -2.57. The summed E-state index contributed by atoms with van der Waals surface area (Å²) < 4.78 is 5.47. The molecule has 3 rings (SSSR count). The summed E-state index contributed by atoms with van der Waals surface area (Å²) in [5.41, 5.74) is 2.00. The van der Waals surface area contributed by atoms with Gasteiger partial charge in [0.1, 0.15) is 5.75 Å². The molecule has 0 aromatic heterocycles. The fourth-order valence-electron chi connectivity index (χ4n) is 3.36. The number of halogens is 1. The fraction of sp³-hybridized carbons (Fsp3) is 0.364. The van der Waals surface area contributed by atoms with E-state index in [1.54, 1.807) is 6.07 Å². The van der Waals surface area contributed by atoms with Crippen molar-refractivity contribution >= 4 is 23.4 Å². The molecule has 1 heterocycles. The van der Waals surface area contributed by atoms with Crippen molar-refractivity contribution in [2.24, 2.45) is 0 Å². The van der Waals surface area contributed by atoms with Gasteiger partial charge in [0.05, 0.1) is 19.1 Å². The first kappa shape index (κ1) is 21.1. The van der Waals surface area contributed by atoms with Crippen LogP contribution in [0.2, 0.25) is 5.02 Å². The van der Waals surface area contributed by atoms with E-state index in [0.29, 0.717) is 37.8 Å². The number of carbonyl (C=O) groups excluding carboxylic acids is 2. The predicted octanol–water partition coefficient (Wildman–Crippen LogP) is 2.75. The lowest BCUT2D eigenvalue weighted by Gasteiger charge is -2.34. The number of benzene rings is 2. The molecule has 1 fully saturated rings. The van der Waals surface area contributed by atoms with Crippen LogP contribution in [-0.2, 0) is 22.7 Å². The van der Waals surface area contributed by atoms with E-state index in [1.807, 2.05) is 54.3 Å². The lowest BCUT2D eigenvalue weighted by molar-refractivity contribution is -0.134. The van der Waals surface area contributed by atoms with Crippen molar-refractivity contribution in [3.8, 4) is 5.75 Å². The third-order valence-corrected chi connectivity index (χ3v) is 5.05. The van der Waals surface area contributed by atoms with Crippen molar-refractivity contribution < 1.29 is 14.3 Å². The first-order chi connectivity index (χ1) is 14.0. The largest absolute Gasteiger partial charge is 0.494 e. The average molecular weight is 416 g/mol. The maximum atomic E-state index is 12.5. The van der Waals surface area contributed by atoms with Gasteiger partial charge in [0.15, 0.2) is 0 Å². The van der Waals surface area contributed by atoms with E-state index in [2.05, 4.69) is 10.6 Å². The minimum absolute atomic E-state index is 0.111. The Balaban J connectivity index is 1.58. The lowest BCUT2D eigenvalue weighted by atomic mass is 10.1. The summed E-state index contributed by atoms with van der Waals surface area (Å²) >= 11 is 5.98. The van der Waals surface area contributed by atoms with Crippen molar-refractivity contribution in [3.05, 3.63) is 64.7 Å². The molecule has 6 nitrogen and oxygen atoms in total. The Morgan fingerprint density at radius 3 is 2.76 bits per heavy atom. The Kier molecular flexibility index (Phi) is 7.49. The minimum Gasteiger partial charge on any atom is -0.494 e. The van der Waals surface area contributed by atoms with Gasteiger partial charge in [-0.05, 0) is 42.3 Å². The van der Waals surface area contributed by atoms with Crippen molar-refractivity contribution in [1.82, 2.24) is 15.5 Å². The van der Waals surface area contributed by atoms with Crippen LogP contribution in [0.3, 0.4) is 0 Å². The molecule has 0 bridgehead atoms. The van der Waals surface area contributed by atoms with Gasteiger partial charge in [-0.15, -0.1) is 0 Å². The van der Waals surface area contributed by atoms with Crippen LogP contribution in [0.15, 0.2) is 48.5 Å². The molecule has 2 N–H and O–H groups in total. The fourth-order valence-corrected chi connectivity index (χ4v) is 3.57. The topological polar surface area (TPSA) is 70.7 Å². The minimum atomic E-state index is -0.491.